The van der Waals surface area contributed by atoms with Crippen LogP contribution in [0.4, 0.5) is 5.69 Å². The summed E-state index contributed by atoms with van der Waals surface area (Å²) in [7, 11) is 0. The maximum Gasteiger partial charge on any atom is 0.0703 e. The van der Waals surface area contributed by atoms with Gasteiger partial charge in [0.25, 0.3) is 0 Å². The SMILES string of the molecule is c1ccc(Sc2c[nH]c3c(N4CCNCC4)cccc23)cc1. The highest BCUT2D eigenvalue weighted by Crippen LogP contribution is 2.36. The van der Waals surface area contributed by atoms with Crippen molar-refractivity contribution in [1.82, 2.24) is 10.3 Å². The fourth-order valence-corrected chi connectivity index (χ4v) is 3.93. The van der Waals surface area contributed by atoms with E-state index in [9.17, 15) is 0 Å². The average molecular weight is 309 g/mol. The topological polar surface area (TPSA) is 31.1 Å². The second kappa shape index (κ2) is 6.07. The average Bonchev–Trinajstić information content (AvgIpc) is 3.00. The number of hydrogen-bond acceptors (Lipinski definition) is 3. The predicted molar refractivity (Wildman–Crippen MR) is 93.9 cm³/mol. The molecule has 0 atom stereocenters. The normalized spacial score (nSPS) is 15.4. The van der Waals surface area contributed by atoms with Gasteiger partial charge in [0.1, 0.15) is 0 Å². The van der Waals surface area contributed by atoms with Crippen LogP contribution in [0.2, 0.25) is 0 Å². The minimum Gasteiger partial charge on any atom is -0.367 e. The number of aromatic amines is 1. The van der Waals surface area contributed by atoms with Crippen molar-refractivity contribution in [3.63, 3.8) is 0 Å². The third-order valence-electron chi connectivity index (χ3n) is 4.08. The molecule has 0 saturated carbocycles. The smallest absolute Gasteiger partial charge is 0.0703 e. The lowest BCUT2D eigenvalue weighted by Crippen LogP contribution is -2.43. The van der Waals surface area contributed by atoms with Gasteiger partial charge in [0.05, 0.1) is 11.2 Å². The number of fused-ring (bicyclic) bond motifs is 1. The summed E-state index contributed by atoms with van der Waals surface area (Å²) in [6.45, 7) is 4.25. The number of aromatic nitrogens is 1. The Kier molecular flexibility index (Phi) is 3.79. The molecular weight excluding hydrogens is 290 g/mol. The van der Waals surface area contributed by atoms with Gasteiger partial charge >= 0.3 is 0 Å². The van der Waals surface area contributed by atoms with Gasteiger partial charge in [-0.05, 0) is 18.2 Å². The molecule has 0 aliphatic carbocycles. The zero-order chi connectivity index (χ0) is 14.8. The first-order valence-corrected chi connectivity index (χ1v) is 8.52. The van der Waals surface area contributed by atoms with Crippen molar-refractivity contribution < 1.29 is 0 Å². The van der Waals surface area contributed by atoms with E-state index in [1.165, 1.54) is 26.4 Å². The van der Waals surface area contributed by atoms with E-state index in [0.717, 1.165) is 26.2 Å². The minimum absolute atomic E-state index is 1.06. The number of piperazine rings is 1. The third-order valence-corrected chi connectivity index (χ3v) is 5.15. The van der Waals surface area contributed by atoms with E-state index >= 15 is 0 Å². The van der Waals surface area contributed by atoms with Gasteiger partial charge in [-0.15, -0.1) is 0 Å². The van der Waals surface area contributed by atoms with E-state index in [0.29, 0.717) is 0 Å². The summed E-state index contributed by atoms with van der Waals surface area (Å²) in [5.74, 6) is 0. The molecule has 2 heterocycles. The molecule has 2 N–H and O–H groups in total. The molecule has 1 aliphatic heterocycles. The Morgan fingerprint density at radius 1 is 0.909 bits per heavy atom. The Morgan fingerprint density at radius 3 is 2.55 bits per heavy atom. The maximum atomic E-state index is 3.49. The lowest BCUT2D eigenvalue weighted by Gasteiger charge is -2.29. The fraction of sp³-hybridized carbons (Fsp3) is 0.222. The van der Waals surface area contributed by atoms with Crippen LogP contribution in [0, 0.1) is 0 Å². The van der Waals surface area contributed by atoms with Crippen molar-refractivity contribution in [1.29, 1.82) is 0 Å². The van der Waals surface area contributed by atoms with E-state index in [4.69, 9.17) is 0 Å². The molecule has 0 bridgehead atoms. The highest BCUT2D eigenvalue weighted by Gasteiger charge is 2.15. The Hall–Kier alpha value is -1.91. The first-order chi connectivity index (χ1) is 10.9. The highest BCUT2D eigenvalue weighted by molar-refractivity contribution is 7.99. The number of rotatable bonds is 3. The van der Waals surface area contributed by atoms with Gasteiger partial charge in [0.2, 0.25) is 0 Å². The predicted octanol–water partition coefficient (Wildman–Crippen LogP) is 3.73. The number of hydrogen-bond donors (Lipinski definition) is 2. The Balaban J connectivity index is 1.70. The molecule has 4 rings (SSSR count). The zero-order valence-corrected chi connectivity index (χ0v) is 13.2. The maximum absolute atomic E-state index is 3.49. The number of para-hydroxylation sites is 1. The summed E-state index contributed by atoms with van der Waals surface area (Å²) < 4.78 is 0. The van der Waals surface area contributed by atoms with Crippen LogP contribution < -0.4 is 10.2 Å². The van der Waals surface area contributed by atoms with Crippen LogP contribution >= 0.6 is 11.8 Å². The first-order valence-electron chi connectivity index (χ1n) is 7.70. The van der Waals surface area contributed by atoms with Crippen LogP contribution in [-0.4, -0.2) is 31.2 Å². The summed E-state index contributed by atoms with van der Waals surface area (Å²) in [6.07, 6.45) is 2.13. The van der Waals surface area contributed by atoms with Crippen LogP contribution in [0.3, 0.4) is 0 Å². The third kappa shape index (κ3) is 2.60. The number of H-pyrrole nitrogens is 1. The molecule has 4 heteroatoms. The monoisotopic (exact) mass is 309 g/mol. The van der Waals surface area contributed by atoms with E-state index in [1.54, 1.807) is 0 Å². The minimum atomic E-state index is 1.06. The second-order valence-corrected chi connectivity index (χ2v) is 6.62. The van der Waals surface area contributed by atoms with Crippen LogP contribution in [-0.2, 0) is 0 Å². The summed E-state index contributed by atoms with van der Waals surface area (Å²) in [6, 6.07) is 17.1. The lowest BCUT2D eigenvalue weighted by atomic mass is 10.2. The van der Waals surface area contributed by atoms with Crippen molar-refractivity contribution in [3.8, 4) is 0 Å². The second-order valence-electron chi connectivity index (χ2n) is 5.50. The summed E-state index contributed by atoms with van der Waals surface area (Å²) in [4.78, 5) is 8.52. The standard InChI is InChI=1S/C18H19N3S/c1-2-5-14(6-3-1)22-17-13-20-18-15(17)7-4-8-16(18)21-11-9-19-10-12-21/h1-8,13,19-20H,9-12H2. The molecule has 0 radical (unpaired) electrons. The molecule has 0 unspecified atom stereocenters. The first kappa shape index (κ1) is 13.7. The molecule has 0 amide bonds. The fourth-order valence-electron chi connectivity index (χ4n) is 2.98. The van der Waals surface area contributed by atoms with E-state index < -0.39 is 0 Å². The summed E-state index contributed by atoms with van der Waals surface area (Å²) in [5.41, 5.74) is 2.57. The highest BCUT2D eigenvalue weighted by atomic mass is 32.2. The van der Waals surface area contributed by atoms with Crippen molar-refractivity contribution in [2.24, 2.45) is 0 Å². The van der Waals surface area contributed by atoms with E-state index in [1.807, 2.05) is 11.8 Å². The zero-order valence-electron chi connectivity index (χ0n) is 12.4. The van der Waals surface area contributed by atoms with Crippen LogP contribution in [0.25, 0.3) is 10.9 Å². The van der Waals surface area contributed by atoms with E-state index in [2.05, 4.69) is 69.9 Å². The molecule has 2 aromatic carbocycles. The van der Waals surface area contributed by atoms with Crippen LogP contribution in [0.5, 0.6) is 0 Å². The van der Waals surface area contributed by atoms with Gasteiger partial charge in [-0.3, -0.25) is 0 Å². The lowest BCUT2D eigenvalue weighted by molar-refractivity contribution is 0.590. The van der Waals surface area contributed by atoms with Gasteiger partial charge in [-0.25, -0.2) is 0 Å². The van der Waals surface area contributed by atoms with Crippen molar-refractivity contribution in [2.45, 2.75) is 9.79 Å². The molecule has 22 heavy (non-hydrogen) atoms. The van der Waals surface area contributed by atoms with Crippen molar-refractivity contribution >= 4 is 28.4 Å². The summed E-state index contributed by atoms with van der Waals surface area (Å²) in [5, 5.41) is 4.72. The van der Waals surface area contributed by atoms with Crippen molar-refractivity contribution in [2.75, 3.05) is 31.1 Å². The molecule has 1 aromatic heterocycles. The van der Waals surface area contributed by atoms with E-state index in [-0.39, 0.29) is 0 Å². The molecular formula is C18H19N3S. The molecule has 1 saturated heterocycles. The molecule has 3 nitrogen and oxygen atoms in total. The quantitative estimate of drug-likeness (QED) is 0.773. The van der Waals surface area contributed by atoms with Crippen LogP contribution in [0.1, 0.15) is 0 Å². The molecule has 1 fully saturated rings. The largest absolute Gasteiger partial charge is 0.367 e. The van der Waals surface area contributed by atoms with Gasteiger partial charge in [0, 0.05) is 47.6 Å². The Bertz CT molecular complexity index is 760. The molecule has 1 aliphatic rings. The Morgan fingerprint density at radius 2 is 1.73 bits per heavy atom. The van der Waals surface area contributed by atoms with Crippen molar-refractivity contribution in [3.05, 3.63) is 54.7 Å². The van der Waals surface area contributed by atoms with Gasteiger partial charge in [0.15, 0.2) is 0 Å². The summed E-state index contributed by atoms with van der Waals surface area (Å²) >= 11 is 1.82. The van der Waals surface area contributed by atoms with Gasteiger partial charge in [-0.1, -0.05) is 42.1 Å². The van der Waals surface area contributed by atoms with Crippen LogP contribution in [0.15, 0.2) is 64.5 Å². The van der Waals surface area contributed by atoms with Gasteiger partial charge < -0.3 is 15.2 Å². The molecule has 0 spiro atoms. The van der Waals surface area contributed by atoms with Gasteiger partial charge in [-0.2, -0.15) is 0 Å². The Labute approximate surface area is 134 Å². The molecule has 3 aromatic rings. The number of benzene rings is 2. The molecule has 112 valence electrons. The number of nitrogens with zero attached hydrogens (tertiary/aromatic N) is 1. The number of nitrogens with one attached hydrogen (secondary N) is 2. The number of anilines is 1.